The molecular formula is C22H34N4O4. The van der Waals surface area contributed by atoms with Gasteiger partial charge in [-0.2, -0.15) is 0 Å². The Bertz CT molecular complexity index is 710. The average molecular weight is 419 g/mol. The maximum atomic E-state index is 12.8. The molecule has 0 saturated carbocycles. The van der Waals surface area contributed by atoms with Crippen LogP contribution in [0.25, 0.3) is 0 Å². The number of methoxy groups -OCH3 is 1. The summed E-state index contributed by atoms with van der Waals surface area (Å²) in [5, 5.41) is 17.2. The molecule has 4 atom stereocenters. The number of nitrogens with zero attached hydrogens (tertiary/aromatic N) is 2. The second kappa shape index (κ2) is 11.7. The van der Waals surface area contributed by atoms with E-state index in [9.17, 15) is 14.9 Å². The van der Waals surface area contributed by atoms with Crippen molar-refractivity contribution in [2.45, 2.75) is 56.7 Å². The molecule has 8 heteroatoms. The first kappa shape index (κ1) is 23.8. The number of non-ortho nitro benzene ring substituents is 1. The first-order valence-corrected chi connectivity index (χ1v) is 10.5. The van der Waals surface area contributed by atoms with Gasteiger partial charge < -0.3 is 20.3 Å². The van der Waals surface area contributed by atoms with Crippen LogP contribution in [0, 0.1) is 10.1 Å². The van der Waals surface area contributed by atoms with E-state index in [2.05, 4.69) is 22.1 Å². The summed E-state index contributed by atoms with van der Waals surface area (Å²) in [7, 11) is 3.53. The molecule has 8 nitrogen and oxygen atoms in total. The molecule has 1 aliphatic heterocycles. The first-order valence-electron chi connectivity index (χ1n) is 10.5. The Hall–Kier alpha value is -2.45. The van der Waals surface area contributed by atoms with Crippen LogP contribution in [0.15, 0.2) is 37.0 Å². The van der Waals surface area contributed by atoms with Crippen LogP contribution in [0.4, 0.5) is 5.69 Å². The van der Waals surface area contributed by atoms with Gasteiger partial charge in [0.05, 0.1) is 23.5 Å². The Kier molecular flexibility index (Phi) is 9.26. The summed E-state index contributed by atoms with van der Waals surface area (Å²) in [4.78, 5) is 25.5. The molecule has 1 aromatic rings. The second-order valence-electron chi connectivity index (χ2n) is 7.81. The molecule has 1 aromatic carbocycles. The van der Waals surface area contributed by atoms with Crippen molar-refractivity contribution in [1.29, 1.82) is 0 Å². The normalized spacial score (nSPS) is 19.2. The first-order chi connectivity index (χ1) is 14.4. The molecule has 2 rings (SSSR count). The van der Waals surface area contributed by atoms with Gasteiger partial charge in [-0.1, -0.05) is 18.7 Å². The van der Waals surface area contributed by atoms with Gasteiger partial charge in [0.15, 0.2) is 0 Å². The molecule has 1 heterocycles. The maximum absolute atomic E-state index is 12.8. The minimum absolute atomic E-state index is 0.0411. The van der Waals surface area contributed by atoms with Crippen LogP contribution in [0.3, 0.4) is 0 Å². The van der Waals surface area contributed by atoms with Crippen molar-refractivity contribution < 1.29 is 14.5 Å². The average Bonchev–Trinajstić information content (AvgIpc) is 3.21. The molecule has 0 aliphatic carbocycles. The van der Waals surface area contributed by atoms with Gasteiger partial charge in [0, 0.05) is 37.7 Å². The summed E-state index contributed by atoms with van der Waals surface area (Å²) in [5.74, 6) is -0.0130. The van der Waals surface area contributed by atoms with Crippen molar-refractivity contribution in [3.05, 3.63) is 52.7 Å². The van der Waals surface area contributed by atoms with Crippen molar-refractivity contribution in [3.8, 4) is 0 Å². The Morgan fingerprint density at radius 2 is 2.13 bits per heavy atom. The van der Waals surface area contributed by atoms with E-state index in [-0.39, 0.29) is 42.1 Å². The number of hydrogen-bond acceptors (Lipinski definition) is 6. The van der Waals surface area contributed by atoms with Gasteiger partial charge in [0.25, 0.3) is 5.69 Å². The second-order valence-corrected chi connectivity index (χ2v) is 7.81. The highest BCUT2D eigenvalue weighted by Crippen LogP contribution is 2.27. The van der Waals surface area contributed by atoms with E-state index in [1.165, 1.54) is 12.1 Å². The molecule has 1 aliphatic rings. The number of likely N-dealkylation sites (tertiary alicyclic amines) is 1. The van der Waals surface area contributed by atoms with E-state index in [0.29, 0.717) is 0 Å². The van der Waals surface area contributed by atoms with Crippen LogP contribution in [0.1, 0.15) is 44.1 Å². The highest BCUT2D eigenvalue weighted by Gasteiger charge is 2.32. The fourth-order valence-corrected chi connectivity index (χ4v) is 4.26. The smallest absolute Gasteiger partial charge is 0.269 e. The number of carbonyl (C=O) groups is 1. The lowest BCUT2D eigenvalue weighted by Gasteiger charge is -2.30. The van der Waals surface area contributed by atoms with E-state index < -0.39 is 4.92 Å². The molecule has 30 heavy (non-hydrogen) atoms. The summed E-state index contributed by atoms with van der Waals surface area (Å²) in [6, 6.07) is 6.63. The van der Waals surface area contributed by atoms with Crippen LogP contribution in [-0.2, 0) is 9.53 Å². The van der Waals surface area contributed by atoms with Gasteiger partial charge in [-0.3, -0.25) is 14.9 Å². The van der Waals surface area contributed by atoms with Crippen molar-refractivity contribution in [2.75, 3.05) is 27.2 Å². The predicted octanol–water partition coefficient (Wildman–Crippen LogP) is 2.81. The fraction of sp³-hybridized carbons (Fsp3) is 0.591. The highest BCUT2D eigenvalue weighted by molar-refractivity contribution is 5.77. The molecule has 0 radical (unpaired) electrons. The number of hydrogen-bond donors (Lipinski definition) is 2. The van der Waals surface area contributed by atoms with E-state index in [0.717, 1.165) is 37.9 Å². The Morgan fingerprint density at radius 1 is 1.43 bits per heavy atom. The lowest BCUT2D eigenvalue weighted by Crippen LogP contribution is -2.43. The monoisotopic (exact) mass is 418 g/mol. The number of carbonyl (C=O) groups excluding carboxylic acids is 1. The van der Waals surface area contributed by atoms with Gasteiger partial charge in [-0.15, -0.1) is 0 Å². The van der Waals surface area contributed by atoms with E-state index in [1.54, 1.807) is 19.2 Å². The number of amides is 1. The van der Waals surface area contributed by atoms with E-state index >= 15 is 0 Å². The van der Waals surface area contributed by atoms with Crippen LogP contribution >= 0.6 is 0 Å². The van der Waals surface area contributed by atoms with Crippen molar-refractivity contribution >= 4 is 11.6 Å². The lowest BCUT2D eigenvalue weighted by molar-refractivity contribution is -0.384. The zero-order valence-electron chi connectivity index (χ0n) is 18.2. The SMILES string of the molecule is C=CN1CCCC1C(CC(=O)N[C@H](C)C(CCNC)c1ccc([N+](=O)[O-])cc1)OC. The van der Waals surface area contributed by atoms with Gasteiger partial charge in [-0.25, -0.2) is 0 Å². The number of nitrogens with one attached hydrogen (secondary N) is 2. The van der Waals surface area contributed by atoms with Gasteiger partial charge in [-0.05, 0) is 51.5 Å². The third-order valence-electron chi connectivity index (χ3n) is 5.92. The minimum Gasteiger partial charge on any atom is -0.379 e. The third kappa shape index (κ3) is 6.27. The van der Waals surface area contributed by atoms with Crippen molar-refractivity contribution in [3.63, 3.8) is 0 Å². The topological polar surface area (TPSA) is 96.7 Å². The minimum atomic E-state index is -0.405. The molecule has 166 valence electrons. The Balaban J connectivity index is 2.04. The summed E-state index contributed by atoms with van der Waals surface area (Å²) < 4.78 is 5.64. The third-order valence-corrected chi connectivity index (χ3v) is 5.92. The summed E-state index contributed by atoms with van der Waals surface area (Å²) in [6.45, 7) is 7.56. The van der Waals surface area contributed by atoms with Gasteiger partial charge >= 0.3 is 0 Å². The van der Waals surface area contributed by atoms with Crippen molar-refractivity contribution in [2.24, 2.45) is 0 Å². The number of rotatable bonds is 12. The van der Waals surface area contributed by atoms with Crippen LogP contribution in [0.2, 0.25) is 0 Å². The zero-order chi connectivity index (χ0) is 22.1. The predicted molar refractivity (Wildman–Crippen MR) is 117 cm³/mol. The van der Waals surface area contributed by atoms with Crippen LogP contribution < -0.4 is 10.6 Å². The number of benzene rings is 1. The van der Waals surface area contributed by atoms with E-state index in [1.807, 2.05) is 20.2 Å². The summed E-state index contributed by atoms with van der Waals surface area (Å²) in [5.41, 5.74) is 1.04. The number of ether oxygens (including phenoxy) is 1. The molecule has 1 fully saturated rings. The Morgan fingerprint density at radius 3 is 2.70 bits per heavy atom. The Labute approximate surface area is 178 Å². The molecule has 0 aromatic heterocycles. The molecule has 0 spiro atoms. The standard InChI is InChI=1S/C22H34N4O4/c1-5-25-14-6-7-20(25)21(30-4)15-22(27)24-16(2)19(12-13-23-3)17-8-10-18(11-9-17)26(28)29/h5,8-11,16,19-21,23H,1,6-7,12-15H2,2-4H3,(H,24,27)/t16-,19?,20?,21?/m1/s1. The molecule has 1 amide bonds. The molecule has 1 saturated heterocycles. The van der Waals surface area contributed by atoms with Crippen LogP contribution in [-0.4, -0.2) is 61.2 Å². The van der Waals surface area contributed by atoms with Gasteiger partial charge in [0.2, 0.25) is 5.91 Å². The largest absolute Gasteiger partial charge is 0.379 e. The summed E-state index contributed by atoms with van der Waals surface area (Å²) >= 11 is 0. The number of nitro groups is 1. The summed E-state index contributed by atoms with van der Waals surface area (Å²) in [6.07, 6.45) is 4.78. The maximum Gasteiger partial charge on any atom is 0.269 e. The molecule has 0 bridgehead atoms. The molecular weight excluding hydrogens is 384 g/mol. The lowest BCUT2D eigenvalue weighted by atomic mass is 9.89. The fourth-order valence-electron chi connectivity index (χ4n) is 4.26. The molecule has 3 unspecified atom stereocenters. The zero-order valence-corrected chi connectivity index (χ0v) is 18.2. The van der Waals surface area contributed by atoms with E-state index in [4.69, 9.17) is 4.74 Å². The molecule has 2 N–H and O–H groups in total. The van der Waals surface area contributed by atoms with Crippen LogP contribution in [0.5, 0.6) is 0 Å². The quantitative estimate of drug-likeness (QED) is 0.400. The van der Waals surface area contributed by atoms with Crippen molar-refractivity contribution in [1.82, 2.24) is 15.5 Å². The highest BCUT2D eigenvalue weighted by atomic mass is 16.6. The van der Waals surface area contributed by atoms with Gasteiger partial charge in [0.1, 0.15) is 0 Å². The number of nitro benzene ring substituents is 1.